The molecule has 2 rings (SSSR count). The zero-order chi connectivity index (χ0) is 13.8. The molecule has 0 amide bonds. The van der Waals surface area contributed by atoms with E-state index in [4.69, 9.17) is 5.84 Å². The Balaban J connectivity index is 2.33. The number of rotatable bonds is 5. The summed E-state index contributed by atoms with van der Waals surface area (Å²) in [6.07, 6.45) is 2.97. The molecule has 0 saturated heterocycles. The number of nitro groups is 1. The second kappa shape index (κ2) is 6.10. The number of hydrazine groups is 1. The van der Waals surface area contributed by atoms with E-state index in [1.54, 1.807) is 0 Å². The van der Waals surface area contributed by atoms with Crippen molar-refractivity contribution in [3.8, 4) is 0 Å². The molecule has 0 aliphatic heterocycles. The Bertz CT molecular complexity index is 604. The highest BCUT2D eigenvalue weighted by Crippen LogP contribution is 2.36. The number of nitrogen functional groups attached to an aromatic ring is 1. The van der Waals surface area contributed by atoms with Gasteiger partial charge in [-0.1, -0.05) is 23.1 Å². The molecule has 0 aliphatic rings. The van der Waals surface area contributed by atoms with Crippen molar-refractivity contribution in [3.05, 3.63) is 16.3 Å². The first-order valence-electron chi connectivity index (χ1n) is 4.67. The Kier molecular flexibility index (Phi) is 4.47. The molecular weight excluding hydrogens is 310 g/mol. The predicted octanol–water partition coefficient (Wildman–Crippen LogP) is 1.39. The summed E-state index contributed by atoms with van der Waals surface area (Å²) >= 11 is 3.83. The molecule has 2 heterocycles. The topological polar surface area (TPSA) is 133 Å². The summed E-state index contributed by atoms with van der Waals surface area (Å²) in [5.41, 5.74) is 2.04. The van der Waals surface area contributed by atoms with Crippen LogP contribution in [0.1, 0.15) is 0 Å². The number of nitrogens with zero attached hydrogens (tertiary/aromatic N) is 5. The first-order chi connectivity index (χ1) is 9.13. The van der Waals surface area contributed by atoms with Gasteiger partial charge < -0.3 is 0 Å². The molecule has 0 radical (unpaired) electrons. The molecular formula is C7H7N7O2S3. The smallest absolute Gasteiger partial charge is 0.292 e. The van der Waals surface area contributed by atoms with Crippen LogP contribution in [0.3, 0.4) is 0 Å². The number of thioether (sulfide) groups is 1. The summed E-state index contributed by atoms with van der Waals surface area (Å²) < 4.78 is 1.34. The quantitative estimate of drug-likeness (QED) is 0.274. The molecule has 2 aromatic rings. The lowest BCUT2D eigenvalue weighted by Crippen LogP contribution is -2.11. The van der Waals surface area contributed by atoms with Crippen LogP contribution in [-0.4, -0.2) is 31.3 Å². The summed E-state index contributed by atoms with van der Waals surface area (Å²) in [5.74, 6) is 5.28. The van der Waals surface area contributed by atoms with E-state index in [1.807, 2.05) is 6.26 Å². The van der Waals surface area contributed by atoms with Gasteiger partial charge in [0.25, 0.3) is 0 Å². The van der Waals surface area contributed by atoms with Crippen LogP contribution in [0.4, 0.5) is 11.6 Å². The number of aromatic nitrogens is 4. The maximum absolute atomic E-state index is 10.9. The van der Waals surface area contributed by atoms with Gasteiger partial charge in [0.2, 0.25) is 5.95 Å². The molecule has 3 N–H and O–H groups in total. The van der Waals surface area contributed by atoms with E-state index in [0.717, 1.165) is 22.3 Å². The van der Waals surface area contributed by atoms with Crippen molar-refractivity contribution >= 4 is 46.5 Å². The molecule has 0 saturated carbocycles. The molecule has 0 aliphatic carbocycles. The van der Waals surface area contributed by atoms with Gasteiger partial charge in [-0.25, -0.2) is 10.8 Å². The minimum absolute atomic E-state index is 0.0997. The van der Waals surface area contributed by atoms with Gasteiger partial charge in [0, 0.05) is 0 Å². The van der Waals surface area contributed by atoms with Crippen LogP contribution in [0, 0.1) is 10.1 Å². The van der Waals surface area contributed by atoms with Crippen molar-refractivity contribution in [3.63, 3.8) is 0 Å². The molecule has 12 heteroatoms. The van der Waals surface area contributed by atoms with E-state index in [1.165, 1.54) is 23.1 Å². The summed E-state index contributed by atoms with van der Waals surface area (Å²) in [7, 11) is 0. The number of nitrogens with one attached hydrogen (secondary N) is 1. The van der Waals surface area contributed by atoms with Gasteiger partial charge in [0.05, 0.1) is 4.92 Å². The highest BCUT2D eigenvalue weighted by Gasteiger charge is 2.20. The average molecular weight is 317 g/mol. The number of nitrogens with two attached hydrogens (primary N) is 1. The zero-order valence-corrected chi connectivity index (χ0v) is 11.9. The average Bonchev–Trinajstić information content (AvgIpc) is 2.86. The Hall–Kier alpha value is -1.50. The Morgan fingerprint density at radius 1 is 1.47 bits per heavy atom. The largest absolute Gasteiger partial charge is 0.320 e. The van der Waals surface area contributed by atoms with E-state index in [0.29, 0.717) is 4.34 Å². The third-order valence-electron chi connectivity index (χ3n) is 1.81. The van der Waals surface area contributed by atoms with E-state index in [9.17, 15) is 10.1 Å². The molecule has 0 fully saturated rings. The van der Waals surface area contributed by atoms with Crippen molar-refractivity contribution in [2.75, 3.05) is 11.7 Å². The van der Waals surface area contributed by atoms with E-state index < -0.39 is 4.92 Å². The monoisotopic (exact) mass is 317 g/mol. The molecule has 0 spiro atoms. The van der Waals surface area contributed by atoms with E-state index in [2.05, 4.69) is 25.6 Å². The molecule has 100 valence electrons. The van der Waals surface area contributed by atoms with Gasteiger partial charge in [-0.05, 0) is 18.0 Å². The van der Waals surface area contributed by atoms with Crippen LogP contribution < -0.4 is 11.3 Å². The number of anilines is 1. The first kappa shape index (κ1) is 13.9. The minimum Gasteiger partial charge on any atom is -0.292 e. The zero-order valence-electron chi connectivity index (χ0n) is 9.43. The standard InChI is InChI=1S/C7H7N7O2S3/c1-17-6-12-13-7(19-6)18-4-3(14(15)16)2-9-5(10-4)11-8/h2H,8H2,1H3,(H,9,10,11). The van der Waals surface area contributed by atoms with Crippen LogP contribution in [0.25, 0.3) is 0 Å². The van der Waals surface area contributed by atoms with Crippen molar-refractivity contribution < 1.29 is 4.92 Å². The Morgan fingerprint density at radius 3 is 2.79 bits per heavy atom. The normalized spacial score (nSPS) is 10.4. The van der Waals surface area contributed by atoms with Gasteiger partial charge in [-0.2, -0.15) is 4.98 Å². The van der Waals surface area contributed by atoms with Gasteiger partial charge in [-0.15, -0.1) is 10.2 Å². The summed E-state index contributed by atoms with van der Waals surface area (Å²) in [6.45, 7) is 0. The molecule has 19 heavy (non-hydrogen) atoms. The minimum atomic E-state index is -0.556. The van der Waals surface area contributed by atoms with E-state index >= 15 is 0 Å². The van der Waals surface area contributed by atoms with Crippen molar-refractivity contribution in [2.24, 2.45) is 5.84 Å². The SMILES string of the molecule is CSc1nnc(Sc2nc(NN)ncc2[N+](=O)[O-])s1. The maximum Gasteiger partial charge on any atom is 0.320 e. The van der Waals surface area contributed by atoms with Gasteiger partial charge in [0.1, 0.15) is 6.20 Å². The fourth-order valence-corrected chi connectivity index (χ4v) is 3.45. The van der Waals surface area contributed by atoms with Crippen molar-refractivity contribution in [2.45, 2.75) is 13.7 Å². The lowest BCUT2D eigenvalue weighted by atomic mass is 10.5. The predicted molar refractivity (Wildman–Crippen MR) is 72.3 cm³/mol. The fraction of sp³-hybridized carbons (Fsp3) is 0.143. The van der Waals surface area contributed by atoms with Crippen molar-refractivity contribution in [1.82, 2.24) is 20.2 Å². The maximum atomic E-state index is 10.9. The van der Waals surface area contributed by atoms with Gasteiger partial charge in [0.15, 0.2) is 13.7 Å². The molecule has 0 bridgehead atoms. The van der Waals surface area contributed by atoms with Gasteiger partial charge in [-0.3, -0.25) is 15.5 Å². The van der Waals surface area contributed by atoms with Crippen LogP contribution in [0.2, 0.25) is 0 Å². The van der Waals surface area contributed by atoms with E-state index in [-0.39, 0.29) is 16.7 Å². The number of hydrogen-bond donors (Lipinski definition) is 2. The van der Waals surface area contributed by atoms with Crippen LogP contribution >= 0.6 is 34.9 Å². The summed E-state index contributed by atoms with van der Waals surface area (Å²) in [4.78, 5) is 18.0. The lowest BCUT2D eigenvalue weighted by molar-refractivity contribution is -0.388. The van der Waals surface area contributed by atoms with Crippen molar-refractivity contribution in [1.29, 1.82) is 0 Å². The Morgan fingerprint density at radius 2 is 2.21 bits per heavy atom. The number of hydrogen-bond acceptors (Lipinski definition) is 11. The molecule has 0 aromatic carbocycles. The second-order valence-electron chi connectivity index (χ2n) is 2.93. The van der Waals surface area contributed by atoms with Gasteiger partial charge >= 0.3 is 5.69 Å². The first-order valence-corrected chi connectivity index (χ1v) is 7.53. The molecule has 9 nitrogen and oxygen atoms in total. The second-order valence-corrected chi connectivity index (χ2v) is 6.19. The summed E-state index contributed by atoms with van der Waals surface area (Å²) in [6, 6.07) is 0. The third-order valence-corrected chi connectivity index (χ3v) is 4.75. The Labute approximate surface area is 119 Å². The van der Waals surface area contributed by atoms with Crippen LogP contribution in [-0.2, 0) is 0 Å². The molecule has 0 atom stereocenters. The van der Waals surface area contributed by atoms with Crippen LogP contribution in [0.5, 0.6) is 0 Å². The third kappa shape index (κ3) is 3.28. The van der Waals surface area contributed by atoms with Crippen LogP contribution in [0.15, 0.2) is 19.9 Å². The highest BCUT2D eigenvalue weighted by atomic mass is 32.2. The molecule has 2 aromatic heterocycles. The highest BCUT2D eigenvalue weighted by molar-refractivity contribution is 8.03. The summed E-state index contributed by atoms with van der Waals surface area (Å²) in [5, 5.41) is 18.9. The molecule has 0 unspecified atom stereocenters. The lowest BCUT2D eigenvalue weighted by Gasteiger charge is -2.01. The fourth-order valence-electron chi connectivity index (χ4n) is 1.03.